The summed E-state index contributed by atoms with van der Waals surface area (Å²) >= 11 is 7.86. The lowest BCUT2D eigenvalue weighted by molar-refractivity contribution is -0.124. The highest BCUT2D eigenvalue weighted by Gasteiger charge is 2.33. The van der Waals surface area contributed by atoms with Crippen molar-refractivity contribution in [1.29, 1.82) is 0 Å². The number of benzene rings is 1. The van der Waals surface area contributed by atoms with Crippen LogP contribution in [0.3, 0.4) is 0 Å². The van der Waals surface area contributed by atoms with Crippen LogP contribution in [0.1, 0.15) is 24.8 Å². The van der Waals surface area contributed by atoms with Gasteiger partial charge < -0.3 is 10.2 Å². The highest BCUT2D eigenvalue weighted by atomic mass is 35.5. The second-order valence-electron chi connectivity index (χ2n) is 6.23. The van der Waals surface area contributed by atoms with Gasteiger partial charge >= 0.3 is 0 Å². The maximum Gasteiger partial charge on any atom is 0.225 e. The lowest BCUT2D eigenvalue weighted by Gasteiger charge is -2.14. The maximum atomic E-state index is 12.2. The van der Waals surface area contributed by atoms with Crippen molar-refractivity contribution in [2.45, 2.75) is 32.2 Å². The molecule has 6 heteroatoms. The zero-order valence-corrected chi connectivity index (χ0v) is 14.0. The number of nitrogens with zero attached hydrogens (tertiary/aromatic N) is 2. The Kier molecular flexibility index (Phi) is 3.50. The number of hydrogen-bond acceptors (Lipinski definition) is 4. The smallest absolute Gasteiger partial charge is 0.225 e. The van der Waals surface area contributed by atoms with E-state index in [1.807, 2.05) is 19.1 Å². The molecule has 0 bridgehead atoms. The fraction of sp³-hybridized carbons (Fsp3) is 0.500. The highest BCUT2D eigenvalue weighted by Crippen LogP contribution is 2.35. The van der Waals surface area contributed by atoms with Gasteiger partial charge in [-0.25, -0.2) is 4.98 Å². The summed E-state index contributed by atoms with van der Waals surface area (Å²) in [6.45, 7) is 3.67. The molecule has 1 aromatic carbocycles. The largest absolute Gasteiger partial charge is 0.353 e. The lowest BCUT2D eigenvalue weighted by atomic mass is 10.1. The molecule has 116 valence electrons. The summed E-state index contributed by atoms with van der Waals surface area (Å²) in [6, 6.07) is 4.39. The number of nitrogens with one attached hydrogen (secondary N) is 1. The van der Waals surface area contributed by atoms with Crippen LogP contribution in [0.2, 0.25) is 5.02 Å². The van der Waals surface area contributed by atoms with Gasteiger partial charge in [0.05, 0.1) is 16.1 Å². The number of aryl methyl sites for hydroxylation is 1. The second-order valence-corrected chi connectivity index (χ2v) is 7.65. The van der Waals surface area contributed by atoms with Crippen LogP contribution in [0.4, 0.5) is 5.13 Å². The first kappa shape index (κ1) is 14.3. The molecule has 1 amide bonds. The van der Waals surface area contributed by atoms with Crippen LogP contribution in [0, 0.1) is 12.8 Å². The number of halogens is 1. The summed E-state index contributed by atoms with van der Waals surface area (Å²) < 4.78 is 1.16. The summed E-state index contributed by atoms with van der Waals surface area (Å²) in [7, 11) is 0. The number of carbonyl (C=O) groups excluding carboxylic acids is 1. The molecule has 1 aliphatic carbocycles. The Hall–Kier alpha value is -1.33. The molecule has 0 radical (unpaired) electrons. The molecule has 2 heterocycles. The molecule has 22 heavy (non-hydrogen) atoms. The first-order valence-corrected chi connectivity index (χ1v) is 8.92. The molecule has 4 rings (SSSR count). The van der Waals surface area contributed by atoms with Crippen molar-refractivity contribution in [3.05, 3.63) is 22.7 Å². The van der Waals surface area contributed by atoms with Crippen LogP contribution >= 0.6 is 22.9 Å². The van der Waals surface area contributed by atoms with E-state index in [0.29, 0.717) is 6.04 Å². The Morgan fingerprint density at radius 1 is 1.41 bits per heavy atom. The van der Waals surface area contributed by atoms with E-state index in [1.54, 1.807) is 11.3 Å². The molecule has 1 saturated heterocycles. The Balaban J connectivity index is 1.53. The van der Waals surface area contributed by atoms with Gasteiger partial charge in [0.15, 0.2) is 5.13 Å². The quantitative estimate of drug-likeness (QED) is 0.935. The Labute approximate surface area is 138 Å². The maximum absolute atomic E-state index is 12.2. The van der Waals surface area contributed by atoms with Crippen molar-refractivity contribution >= 4 is 44.2 Å². The number of anilines is 1. The van der Waals surface area contributed by atoms with Gasteiger partial charge in [-0.05, 0) is 43.9 Å². The molecule has 1 unspecified atom stereocenters. The minimum absolute atomic E-state index is 0.0947. The van der Waals surface area contributed by atoms with Crippen molar-refractivity contribution in [2.24, 2.45) is 5.92 Å². The van der Waals surface area contributed by atoms with Crippen LogP contribution in [-0.2, 0) is 4.79 Å². The minimum Gasteiger partial charge on any atom is -0.353 e. The zero-order valence-electron chi connectivity index (χ0n) is 12.4. The van der Waals surface area contributed by atoms with E-state index in [4.69, 9.17) is 16.6 Å². The number of carbonyl (C=O) groups is 1. The normalized spacial score (nSPS) is 21.5. The molecule has 1 N–H and O–H groups in total. The SMILES string of the molecule is Cc1c(Cl)ccc2sc(N3CCC(C(=O)NC4CC4)C3)nc12. The molecule has 2 fully saturated rings. The van der Waals surface area contributed by atoms with Gasteiger partial charge in [-0.3, -0.25) is 4.79 Å². The molecule has 1 aromatic heterocycles. The molecular weight excluding hydrogens is 318 g/mol. The molecule has 1 atom stereocenters. The topological polar surface area (TPSA) is 45.2 Å². The summed E-state index contributed by atoms with van der Waals surface area (Å²) in [6.07, 6.45) is 3.19. The second kappa shape index (κ2) is 5.39. The predicted octanol–water partition coefficient (Wildman–Crippen LogP) is 3.36. The molecule has 2 aliphatic rings. The van der Waals surface area contributed by atoms with Gasteiger partial charge in [-0.1, -0.05) is 22.9 Å². The minimum atomic E-state index is 0.0947. The van der Waals surface area contributed by atoms with E-state index in [1.165, 1.54) is 0 Å². The van der Waals surface area contributed by atoms with Gasteiger partial charge in [0.1, 0.15) is 0 Å². The fourth-order valence-electron chi connectivity index (χ4n) is 2.92. The molecule has 1 aliphatic heterocycles. The fourth-order valence-corrected chi connectivity index (χ4v) is 4.13. The molecular formula is C16H18ClN3OS. The van der Waals surface area contributed by atoms with Crippen LogP contribution in [0.5, 0.6) is 0 Å². The van der Waals surface area contributed by atoms with Gasteiger partial charge in [-0.15, -0.1) is 0 Å². The van der Waals surface area contributed by atoms with Crippen molar-refractivity contribution < 1.29 is 4.79 Å². The number of thiazole rings is 1. The van der Waals surface area contributed by atoms with Crippen LogP contribution < -0.4 is 10.2 Å². The van der Waals surface area contributed by atoms with E-state index in [0.717, 1.165) is 58.3 Å². The summed E-state index contributed by atoms with van der Waals surface area (Å²) in [5.41, 5.74) is 2.02. The third-order valence-corrected chi connectivity index (χ3v) is 5.98. The number of hydrogen-bond donors (Lipinski definition) is 1. The zero-order chi connectivity index (χ0) is 15.3. The summed E-state index contributed by atoms with van der Waals surface area (Å²) in [5, 5.41) is 4.87. The number of rotatable bonds is 3. The highest BCUT2D eigenvalue weighted by molar-refractivity contribution is 7.22. The van der Waals surface area contributed by atoms with E-state index < -0.39 is 0 Å². The monoisotopic (exact) mass is 335 g/mol. The van der Waals surface area contributed by atoms with Gasteiger partial charge in [0.2, 0.25) is 5.91 Å². The first-order chi connectivity index (χ1) is 10.6. The van der Waals surface area contributed by atoms with Crippen LogP contribution in [0.25, 0.3) is 10.2 Å². The molecule has 0 spiro atoms. The average Bonchev–Trinajstić information content (AvgIpc) is 3.04. The Bertz CT molecular complexity index is 740. The first-order valence-electron chi connectivity index (χ1n) is 7.73. The summed E-state index contributed by atoms with van der Waals surface area (Å²) in [5.74, 6) is 0.308. The van der Waals surface area contributed by atoms with E-state index in [-0.39, 0.29) is 11.8 Å². The van der Waals surface area contributed by atoms with Gasteiger partial charge in [-0.2, -0.15) is 0 Å². The Morgan fingerprint density at radius 2 is 2.23 bits per heavy atom. The van der Waals surface area contributed by atoms with Gasteiger partial charge in [0, 0.05) is 24.2 Å². The van der Waals surface area contributed by atoms with Crippen molar-refractivity contribution in [3.63, 3.8) is 0 Å². The molecule has 2 aromatic rings. The van der Waals surface area contributed by atoms with Crippen molar-refractivity contribution in [3.8, 4) is 0 Å². The van der Waals surface area contributed by atoms with Gasteiger partial charge in [0.25, 0.3) is 0 Å². The Morgan fingerprint density at radius 3 is 3.00 bits per heavy atom. The predicted molar refractivity (Wildman–Crippen MR) is 90.9 cm³/mol. The van der Waals surface area contributed by atoms with Crippen molar-refractivity contribution in [1.82, 2.24) is 10.3 Å². The number of amides is 1. The van der Waals surface area contributed by atoms with E-state index >= 15 is 0 Å². The third kappa shape index (κ3) is 2.57. The van der Waals surface area contributed by atoms with Crippen LogP contribution in [0.15, 0.2) is 12.1 Å². The van der Waals surface area contributed by atoms with Crippen molar-refractivity contribution in [2.75, 3.05) is 18.0 Å². The van der Waals surface area contributed by atoms with E-state index in [2.05, 4.69) is 10.2 Å². The van der Waals surface area contributed by atoms with E-state index in [9.17, 15) is 4.79 Å². The van der Waals surface area contributed by atoms with Crippen LogP contribution in [-0.4, -0.2) is 30.0 Å². The standard InChI is InChI=1S/C16H18ClN3OS/c1-9-12(17)4-5-13-14(9)19-16(22-13)20-7-6-10(8-20)15(21)18-11-2-3-11/h4-5,10-11H,2-3,6-8H2,1H3,(H,18,21). The summed E-state index contributed by atoms with van der Waals surface area (Å²) in [4.78, 5) is 19.2. The number of aromatic nitrogens is 1. The average molecular weight is 336 g/mol. The molecule has 4 nitrogen and oxygen atoms in total. The number of fused-ring (bicyclic) bond motifs is 1. The lowest BCUT2D eigenvalue weighted by Crippen LogP contribution is -2.34. The molecule has 1 saturated carbocycles. The third-order valence-electron chi connectivity index (χ3n) is 4.49.